The number of carbonyl (C=O) groups is 4. The first-order valence-electron chi connectivity index (χ1n) is 12.2. The predicted molar refractivity (Wildman–Crippen MR) is 137 cm³/mol. The topological polar surface area (TPSA) is 129 Å². The number of rotatable bonds is 10. The number of hydrogen-bond acceptors (Lipinski definition) is 9. The van der Waals surface area contributed by atoms with Crippen molar-refractivity contribution in [2.75, 3.05) is 6.61 Å². The monoisotopic (exact) mass is 527 g/mol. The van der Waals surface area contributed by atoms with Crippen molar-refractivity contribution in [2.24, 2.45) is 0 Å². The zero-order valence-electron chi connectivity index (χ0n) is 20.8. The molecule has 0 N–H and O–H groups in total. The summed E-state index contributed by atoms with van der Waals surface area (Å²) in [5.41, 5.74) is 0.794. The molecule has 9 heteroatoms. The summed E-state index contributed by atoms with van der Waals surface area (Å²) in [6.07, 6.45) is -5.18. The number of esters is 3. The molecule has 39 heavy (non-hydrogen) atoms. The number of ketones is 1. The van der Waals surface area contributed by atoms with Crippen LogP contribution in [0.5, 0.6) is 0 Å². The number of benzene rings is 3. The second kappa shape index (κ2) is 13.1. The standard InChI is InChI=1S/C30H25NO8/c31-17-16-23(32)18-24-26(38-29(34)21-12-6-2-7-13-21)27(39-30(35)22-14-8-3-9-15-22)25(37-24)19-36-28(33)20-10-4-1-5-11-20/h1-15,24-27H,16,18-19H2/t24-,25-,26+,27-/m1/s1. The Labute approximate surface area is 224 Å². The fourth-order valence-electron chi connectivity index (χ4n) is 4.12. The van der Waals surface area contributed by atoms with Gasteiger partial charge in [-0.25, -0.2) is 14.4 Å². The Hall–Kier alpha value is -4.81. The van der Waals surface area contributed by atoms with Gasteiger partial charge in [0.25, 0.3) is 0 Å². The molecule has 1 saturated heterocycles. The average molecular weight is 528 g/mol. The van der Waals surface area contributed by atoms with Crippen molar-refractivity contribution in [3.63, 3.8) is 0 Å². The third-order valence-electron chi connectivity index (χ3n) is 6.00. The summed E-state index contributed by atoms with van der Waals surface area (Å²) < 4.78 is 22.9. The van der Waals surface area contributed by atoms with Crippen molar-refractivity contribution in [1.82, 2.24) is 0 Å². The SMILES string of the molecule is N#CCC(=O)C[C@H]1O[C@H](COC(=O)c2ccccc2)[C@@H](OC(=O)c2ccccc2)[C@H]1OC(=O)c1ccccc1. The van der Waals surface area contributed by atoms with Crippen LogP contribution >= 0.6 is 0 Å². The lowest BCUT2D eigenvalue weighted by Gasteiger charge is -2.24. The van der Waals surface area contributed by atoms with Crippen molar-refractivity contribution in [3.8, 4) is 6.07 Å². The fraction of sp³-hybridized carbons (Fsp3) is 0.233. The van der Waals surface area contributed by atoms with Crippen LogP contribution < -0.4 is 0 Å². The van der Waals surface area contributed by atoms with Gasteiger partial charge in [-0.15, -0.1) is 0 Å². The maximum absolute atomic E-state index is 13.0. The first kappa shape index (κ1) is 27.2. The van der Waals surface area contributed by atoms with E-state index in [1.807, 2.05) is 0 Å². The predicted octanol–water partition coefficient (Wildman–Crippen LogP) is 3.93. The summed E-state index contributed by atoms with van der Waals surface area (Å²) in [7, 11) is 0. The number of ether oxygens (including phenoxy) is 4. The van der Waals surface area contributed by atoms with E-state index in [2.05, 4.69) is 0 Å². The van der Waals surface area contributed by atoms with Crippen LogP contribution in [0, 0.1) is 11.3 Å². The van der Waals surface area contributed by atoms with Crippen LogP contribution in [-0.4, -0.2) is 54.7 Å². The molecular weight excluding hydrogens is 502 g/mol. The second-order valence-corrected chi connectivity index (χ2v) is 8.73. The molecule has 4 rings (SSSR count). The van der Waals surface area contributed by atoms with E-state index in [0.717, 1.165) is 0 Å². The molecule has 0 aromatic heterocycles. The maximum Gasteiger partial charge on any atom is 0.338 e. The van der Waals surface area contributed by atoms with Gasteiger partial charge in [-0.3, -0.25) is 4.79 Å². The molecule has 0 unspecified atom stereocenters. The van der Waals surface area contributed by atoms with E-state index in [1.54, 1.807) is 97.1 Å². The Morgan fingerprint density at radius 2 is 1.10 bits per heavy atom. The largest absolute Gasteiger partial charge is 0.459 e. The molecule has 9 nitrogen and oxygen atoms in total. The van der Waals surface area contributed by atoms with Crippen molar-refractivity contribution in [2.45, 2.75) is 37.3 Å². The van der Waals surface area contributed by atoms with E-state index in [1.165, 1.54) is 0 Å². The molecule has 0 amide bonds. The first-order chi connectivity index (χ1) is 19.0. The van der Waals surface area contributed by atoms with Crippen LogP contribution in [0.15, 0.2) is 91.0 Å². The summed E-state index contributed by atoms with van der Waals surface area (Å²) >= 11 is 0. The highest BCUT2D eigenvalue weighted by atomic mass is 16.6. The van der Waals surface area contributed by atoms with E-state index >= 15 is 0 Å². The van der Waals surface area contributed by atoms with Gasteiger partial charge < -0.3 is 18.9 Å². The zero-order chi connectivity index (χ0) is 27.6. The molecule has 1 heterocycles. The third-order valence-corrected chi connectivity index (χ3v) is 6.00. The van der Waals surface area contributed by atoms with Crippen LogP contribution in [0.3, 0.4) is 0 Å². The first-order valence-corrected chi connectivity index (χ1v) is 12.2. The Morgan fingerprint density at radius 1 is 0.667 bits per heavy atom. The van der Waals surface area contributed by atoms with E-state index in [4.69, 9.17) is 24.2 Å². The highest BCUT2D eigenvalue weighted by molar-refractivity contribution is 5.91. The number of hydrogen-bond donors (Lipinski definition) is 0. The molecular formula is C30H25NO8. The molecule has 0 spiro atoms. The lowest BCUT2D eigenvalue weighted by molar-refractivity contribution is -0.122. The number of nitriles is 1. The van der Waals surface area contributed by atoms with E-state index in [0.29, 0.717) is 5.56 Å². The van der Waals surface area contributed by atoms with Crippen molar-refractivity contribution >= 4 is 23.7 Å². The average Bonchev–Trinajstić information content (AvgIpc) is 3.27. The maximum atomic E-state index is 13.0. The van der Waals surface area contributed by atoms with Gasteiger partial charge in [-0.05, 0) is 36.4 Å². The highest BCUT2D eigenvalue weighted by Gasteiger charge is 2.50. The van der Waals surface area contributed by atoms with Crippen molar-refractivity contribution in [1.29, 1.82) is 5.26 Å². The molecule has 198 valence electrons. The minimum Gasteiger partial charge on any atom is -0.459 e. The minimum atomic E-state index is -1.21. The van der Waals surface area contributed by atoms with Crippen LogP contribution in [0.4, 0.5) is 0 Å². The summed E-state index contributed by atoms with van der Waals surface area (Å²) in [5.74, 6) is -2.51. The second-order valence-electron chi connectivity index (χ2n) is 8.73. The molecule has 1 fully saturated rings. The molecule has 0 saturated carbocycles. The highest BCUT2D eigenvalue weighted by Crippen LogP contribution is 2.31. The summed E-state index contributed by atoms with van der Waals surface area (Å²) in [6.45, 7) is -0.344. The number of carbonyl (C=O) groups excluding carboxylic acids is 4. The molecule has 1 aliphatic heterocycles. The molecule has 0 aliphatic carbocycles. The molecule has 0 bridgehead atoms. The number of Topliss-reactive ketones (excluding diaryl/α,β-unsaturated/α-hetero) is 1. The van der Waals surface area contributed by atoms with Gasteiger partial charge in [0.1, 0.15) is 24.6 Å². The summed E-state index contributed by atoms with van der Waals surface area (Å²) in [4.78, 5) is 50.9. The lowest BCUT2D eigenvalue weighted by Crippen LogP contribution is -2.42. The minimum absolute atomic E-state index is 0.242. The van der Waals surface area contributed by atoms with Gasteiger partial charge in [-0.1, -0.05) is 54.6 Å². The van der Waals surface area contributed by atoms with Gasteiger partial charge in [0, 0.05) is 6.42 Å². The number of nitrogens with zero attached hydrogens (tertiary/aromatic N) is 1. The Morgan fingerprint density at radius 3 is 1.56 bits per heavy atom. The van der Waals surface area contributed by atoms with Crippen molar-refractivity contribution < 1.29 is 38.1 Å². The van der Waals surface area contributed by atoms with E-state index in [9.17, 15) is 19.2 Å². The molecule has 3 aromatic rings. The lowest BCUT2D eigenvalue weighted by atomic mass is 10.0. The Balaban J connectivity index is 1.60. The molecule has 3 aromatic carbocycles. The van der Waals surface area contributed by atoms with Crippen LogP contribution in [0.2, 0.25) is 0 Å². The normalized spacial score (nSPS) is 19.9. The molecule has 1 aliphatic rings. The zero-order valence-corrected chi connectivity index (χ0v) is 20.8. The van der Waals surface area contributed by atoms with Gasteiger partial charge in [0.15, 0.2) is 12.2 Å². The fourth-order valence-corrected chi connectivity index (χ4v) is 4.12. The third kappa shape index (κ3) is 7.15. The van der Waals surface area contributed by atoms with E-state index < -0.39 is 48.1 Å². The van der Waals surface area contributed by atoms with Gasteiger partial charge in [-0.2, -0.15) is 5.26 Å². The Kier molecular flexibility index (Phi) is 9.16. The molecule has 4 atom stereocenters. The van der Waals surface area contributed by atoms with Gasteiger partial charge in [0.2, 0.25) is 0 Å². The summed E-state index contributed by atoms with van der Waals surface area (Å²) in [5, 5.41) is 8.95. The van der Waals surface area contributed by atoms with E-state index in [-0.39, 0.29) is 30.6 Å². The quantitative estimate of drug-likeness (QED) is 0.284. The molecule has 0 radical (unpaired) electrons. The Bertz CT molecular complexity index is 1340. The van der Waals surface area contributed by atoms with Crippen LogP contribution in [0.1, 0.15) is 43.9 Å². The smallest absolute Gasteiger partial charge is 0.338 e. The van der Waals surface area contributed by atoms with Gasteiger partial charge in [0.05, 0.1) is 29.2 Å². The van der Waals surface area contributed by atoms with Crippen LogP contribution in [-0.2, 0) is 23.7 Å². The van der Waals surface area contributed by atoms with Crippen molar-refractivity contribution in [3.05, 3.63) is 108 Å². The summed E-state index contributed by atoms with van der Waals surface area (Å²) in [6, 6.07) is 26.4. The van der Waals surface area contributed by atoms with Gasteiger partial charge >= 0.3 is 17.9 Å². The van der Waals surface area contributed by atoms with Crippen LogP contribution in [0.25, 0.3) is 0 Å².